The van der Waals surface area contributed by atoms with E-state index < -0.39 is 41.0 Å². The molecule has 0 unspecified atom stereocenters. The summed E-state index contributed by atoms with van der Waals surface area (Å²) in [6, 6.07) is 2.13. The van der Waals surface area contributed by atoms with E-state index in [4.69, 9.17) is 9.47 Å². The number of phenolic OH excluding ortho intramolecular Hbond substituents is 1. The van der Waals surface area contributed by atoms with Gasteiger partial charge in [0.25, 0.3) is 0 Å². The number of benzene rings is 1. The molecule has 0 aliphatic carbocycles. The first-order valence-corrected chi connectivity index (χ1v) is 7.61. The van der Waals surface area contributed by atoms with Crippen LogP contribution in [0.4, 0.5) is 17.6 Å². The number of rotatable bonds is 3. The number of carbonyl (C=O) groups is 1. The molecule has 0 radical (unpaired) electrons. The number of aromatic hydroxyl groups is 1. The first-order valence-electron chi connectivity index (χ1n) is 7.61. The summed E-state index contributed by atoms with van der Waals surface area (Å²) in [5, 5.41) is 10.2. The number of carbonyl (C=O) groups excluding carboxylic acids is 1. The van der Waals surface area contributed by atoms with Gasteiger partial charge in [0.15, 0.2) is 0 Å². The Bertz CT molecular complexity index is 739. The molecule has 4 nitrogen and oxygen atoms in total. The summed E-state index contributed by atoms with van der Waals surface area (Å²) in [5.41, 5.74) is -3.08. The lowest BCUT2D eigenvalue weighted by atomic mass is 9.82. The fourth-order valence-corrected chi connectivity index (χ4v) is 2.73. The van der Waals surface area contributed by atoms with Crippen LogP contribution in [0.5, 0.6) is 5.75 Å². The van der Waals surface area contributed by atoms with Gasteiger partial charge in [0.05, 0.1) is 6.61 Å². The van der Waals surface area contributed by atoms with E-state index in [-0.39, 0.29) is 23.3 Å². The Balaban J connectivity index is 2.70. The zero-order valence-electron chi connectivity index (χ0n) is 14.1. The summed E-state index contributed by atoms with van der Waals surface area (Å²) >= 11 is 0. The Kier molecular flexibility index (Phi) is 4.76. The fraction of sp³-hybridized carbons (Fsp3) is 0.471. The number of esters is 1. The lowest BCUT2D eigenvalue weighted by molar-refractivity contribution is -0.262. The van der Waals surface area contributed by atoms with E-state index in [1.165, 1.54) is 20.8 Å². The van der Waals surface area contributed by atoms with Gasteiger partial charge in [-0.1, -0.05) is 6.92 Å². The summed E-state index contributed by atoms with van der Waals surface area (Å²) in [6.07, 6.45) is -4.78. The Morgan fingerprint density at radius 1 is 1.40 bits per heavy atom. The summed E-state index contributed by atoms with van der Waals surface area (Å²) in [4.78, 5) is 12.1. The van der Waals surface area contributed by atoms with Crippen LogP contribution < -0.4 is 0 Å². The van der Waals surface area contributed by atoms with Crippen molar-refractivity contribution in [3.63, 3.8) is 0 Å². The minimum atomic E-state index is -4.78. The van der Waals surface area contributed by atoms with Gasteiger partial charge in [0, 0.05) is 22.6 Å². The largest absolute Gasteiger partial charge is 0.507 e. The van der Waals surface area contributed by atoms with Gasteiger partial charge >= 0.3 is 12.1 Å². The van der Waals surface area contributed by atoms with Gasteiger partial charge in [-0.15, -0.1) is 0 Å². The van der Waals surface area contributed by atoms with Gasteiger partial charge in [0.2, 0.25) is 11.4 Å². The second kappa shape index (κ2) is 6.24. The third-order valence-corrected chi connectivity index (χ3v) is 4.50. The maximum atomic E-state index is 13.6. The summed E-state index contributed by atoms with van der Waals surface area (Å²) in [5.74, 6) is -4.29. The first kappa shape index (κ1) is 19.1. The molecular formula is C17H18F4O4. The molecule has 138 valence electrons. The lowest BCUT2D eigenvalue weighted by Gasteiger charge is -2.32. The second-order valence-corrected chi connectivity index (χ2v) is 5.96. The van der Waals surface area contributed by atoms with Crippen LogP contribution in [0.2, 0.25) is 0 Å². The molecule has 1 N–H and O–H groups in total. The molecule has 0 saturated heterocycles. The van der Waals surface area contributed by atoms with Gasteiger partial charge in [0.1, 0.15) is 11.6 Å². The molecule has 1 aliphatic rings. The third-order valence-electron chi connectivity index (χ3n) is 4.50. The van der Waals surface area contributed by atoms with Gasteiger partial charge in [-0.2, -0.15) is 13.2 Å². The molecule has 0 fully saturated rings. The Morgan fingerprint density at radius 3 is 2.52 bits per heavy atom. The van der Waals surface area contributed by atoms with E-state index in [0.29, 0.717) is 0 Å². The molecule has 1 heterocycles. The average Bonchev–Trinajstić information content (AvgIpc) is 2.79. The molecule has 0 bridgehead atoms. The standard InChI is InChI=1S/C17H18F4O4/c1-5-24-15(23)14-12(9(3)16(4,25-14)17(19,20)21)10-6-7-11(18)8(2)13(10)22/h6-7,9,22H,5H2,1-4H3/t9-,16+/m0/s1. The van der Waals surface area contributed by atoms with Crippen LogP contribution in [0.1, 0.15) is 31.9 Å². The maximum absolute atomic E-state index is 13.6. The first-order chi connectivity index (χ1) is 11.5. The number of alkyl halides is 3. The molecule has 2 rings (SSSR count). The monoisotopic (exact) mass is 362 g/mol. The normalized spacial score (nSPS) is 23.6. The van der Waals surface area contributed by atoms with Crippen molar-refractivity contribution in [1.82, 2.24) is 0 Å². The zero-order valence-corrected chi connectivity index (χ0v) is 14.1. The molecule has 0 spiro atoms. The summed E-state index contributed by atoms with van der Waals surface area (Å²) in [7, 11) is 0. The van der Waals surface area contributed by atoms with Gasteiger partial charge < -0.3 is 14.6 Å². The third kappa shape index (κ3) is 2.94. The van der Waals surface area contributed by atoms with E-state index in [2.05, 4.69) is 0 Å². The molecule has 0 amide bonds. The highest BCUT2D eigenvalue weighted by atomic mass is 19.4. The summed E-state index contributed by atoms with van der Waals surface area (Å²) < 4.78 is 63.9. The van der Waals surface area contributed by atoms with Crippen molar-refractivity contribution in [3.05, 3.63) is 34.8 Å². The van der Waals surface area contributed by atoms with Gasteiger partial charge in [-0.25, -0.2) is 9.18 Å². The zero-order chi connectivity index (χ0) is 19.2. The molecule has 1 aromatic rings. The number of ether oxygens (including phenoxy) is 2. The smallest absolute Gasteiger partial charge is 0.428 e. The molecule has 25 heavy (non-hydrogen) atoms. The van der Waals surface area contributed by atoms with Crippen LogP contribution in [0, 0.1) is 18.7 Å². The number of halogens is 4. The van der Waals surface area contributed by atoms with Crippen LogP contribution >= 0.6 is 0 Å². The van der Waals surface area contributed by atoms with Crippen molar-refractivity contribution >= 4 is 11.5 Å². The molecule has 0 saturated carbocycles. The highest BCUT2D eigenvalue weighted by Crippen LogP contribution is 2.53. The van der Waals surface area contributed by atoms with Crippen molar-refractivity contribution in [2.45, 2.75) is 39.5 Å². The average molecular weight is 362 g/mol. The number of phenols is 1. The van der Waals surface area contributed by atoms with Gasteiger partial charge in [-0.05, 0) is 32.9 Å². The number of hydrogen-bond acceptors (Lipinski definition) is 4. The van der Waals surface area contributed by atoms with E-state index in [1.54, 1.807) is 0 Å². The fourth-order valence-electron chi connectivity index (χ4n) is 2.73. The SMILES string of the molecule is CCOC(=O)C1=C(c2ccc(F)c(C)c2O)[C@H](C)[C@](C)(C(F)(F)F)O1. The van der Waals surface area contributed by atoms with Crippen LogP contribution in [0.25, 0.3) is 5.57 Å². The van der Waals surface area contributed by atoms with Crippen LogP contribution in [-0.4, -0.2) is 29.5 Å². The highest BCUT2D eigenvalue weighted by molar-refractivity contribution is 5.98. The van der Waals surface area contributed by atoms with E-state index in [9.17, 15) is 27.5 Å². The van der Waals surface area contributed by atoms with E-state index >= 15 is 0 Å². The van der Waals surface area contributed by atoms with Crippen molar-refractivity contribution in [2.75, 3.05) is 6.61 Å². The van der Waals surface area contributed by atoms with Crippen LogP contribution in [0.15, 0.2) is 17.9 Å². The second-order valence-electron chi connectivity index (χ2n) is 5.96. The topological polar surface area (TPSA) is 55.8 Å². The molecule has 2 atom stereocenters. The molecule has 1 aliphatic heterocycles. The maximum Gasteiger partial charge on any atom is 0.428 e. The van der Waals surface area contributed by atoms with Crippen molar-refractivity contribution in [3.8, 4) is 5.75 Å². The molecule has 0 aromatic heterocycles. The van der Waals surface area contributed by atoms with Crippen molar-refractivity contribution in [1.29, 1.82) is 0 Å². The molecular weight excluding hydrogens is 344 g/mol. The Labute approximate surface area is 142 Å². The van der Waals surface area contributed by atoms with Crippen molar-refractivity contribution in [2.24, 2.45) is 5.92 Å². The van der Waals surface area contributed by atoms with Crippen LogP contribution in [0.3, 0.4) is 0 Å². The molecule has 8 heteroatoms. The molecule has 1 aromatic carbocycles. The minimum absolute atomic E-state index is 0.0650. The number of hydrogen-bond donors (Lipinski definition) is 1. The Morgan fingerprint density at radius 2 is 2.00 bits per heavy atom. The summed E-state index contributed by atoms with van der Waals surface area (Å²) in [6.45, 7) is 4.76. The highest BCUT2D eigenvalue weighted by Gasteiger charge is 2.63. The minimum Gasteiger partial charge on any atom is -0.507 e. The predicted molar refractivity (Wildman–Crippen MR) is 81.1 cm³/mol. The van der Waals surface area contributed by atoms with Crippen molar-refractivity contribution < 1.29 is 36.9 Å². The van der Waals surface area contributed by atoms with E-state index in [1.807, 2.05) is 0 Å². The lowest BCUT2D eigenvalue weighted by Crippen LogP contribution is -2.47. The Hall–Kier alpha value is -2.25. The quantitative estimate of drug-likeness (QED) is 0.650. The van der Waals surface area contributed by atoms with Gasteiger partial charge in [-0.3, -0.25) is 0 Å². The van der Waals surface area contributed by atoms with Crippen LogP contribution in [-0.2, 0) is 14.3 Å². The predicted octanol–water partition coefficient (Wildman–Crippen LogP) is 4.10. The van der Waals surface area contributed by atoms with E-state index in [0.717, 1.165) is 19.1 Å².